The lowest BCUT2D eigenvalue weighted by molar-refractivity contribution is 0.0963. The van der Waals surface area contributed by atoms with Crippen LogP contribution in [0.4, 0.5) is 17.5 Å². The zero-order chi connectivity index (χ0) is 14.5. The number of carbonyl (C=O) groups is 1. The Morgan fingerprint density at radius 3 is 2.75 bits per heavy atom. The van der Waals surface area contributed by atoms with Crippen molar-refractivity contribution >= 4 is 23.4 Å². The van der Waals surface area contributed by atoms with Crippen molar-refractivity contribution in [3.63, 3.8) is 0 Å². The zero-order valence-corrected chi connectivity index (χ0v) is 11.7. The van der Waals surface area contributed by atoms with Gasteiger partial charge in [-0.15, -0.1) is 0 Å². The molecule has 0 saturated carbocycles. The summed E-state index contributed by atoms with van der Waals surface area (Å²) in [5.74, 6) is 1.13. The maximum atomic E-state index is 11.6. The van der Waals surface area contributed by atoms with Crippen molar-refractivity contribution in [1.82, 2.24) is 15.3 Å². The van der Waals surface area contributed by atoms with Crippen molar-refractivity contribution < 1.29 is 4.79 Å². The molecule has 1 heterocycles. The van der Waals surface area contributed by atoms with Gasteiger partial charge in [0.25, 0.3) is 5.91 Å². The third kappa shape index (κ3) is 3.03. The topological polar surface area (TPSA) is 78.9 Å². The normalized spacial score (nSPS) is 9.95. The van der Waals surface area contributed by atoms with Gasteiger partial charge in [0.05, 0.1) is 0 Å². The lowest BCUT2D eigenvalue weighted by Gasteiger charge is -2.10. The van der Waals surface area contributed by atoms with E-state index in [4.69, 9.17) is 0 Å². The van der Waals surface area contributed by atoms with Crippen LogP contribution in [0.1, 0.15) is 15.9 Å². The Labute approximate surface area is 117 Å². The Bertz CT molecular complexity index is 627. The molecule has 6 heteroatoms. The Balaban J connectivity index is 2.28. The minimum Gasteiger partial charge on any atom is -0.357 e. The van der Waals surface area contributed by atoms with E-state index in [1.807, 2.05) is 19.1 Å². The smallest absolute Gasteiger partial charge is 0.251 e. The summed E-state index contributed by atoms with van der Waals surface area (Å²) in [4.78, 5) is 20.1. The number of nitrogens with one attached hydrogen (secondary N) is 3. The molecule has 1 amide bonds. The average molecular weight is 271 g/mol. The highest BCUT2D eigenvalue weighted by atomic mass is 16.1. The number of aryl methyl sites for hydroxylation is 1. The minimum absolute atomic E-state index is 0.121. The first-order chi connectivity index (χ1) is 9.63. The van der Waals surface area contributed by atoms with Gasteiger partial charge >= 0.3 is 0 Å². The molecule has 3 N–H and O–H groups in total. The number of aromatic nitrogens is 2. The van der Waals surface area contributed by atoms with Crippen molar-refractivity contribution in [1.29, 1.82) is 0 Å². The highest BCUT2D eigenvalue weighted by Gasteiger charge is 2.06. The van der Waals surface area contributed by atoms with Gasteiger partial charge in [-0.25, -0.2) is 4.98 Å². The fourth-order valence-electron chi connectivity index (χ4n) is 1.71. The summed E-state index contributed by atoms with van der Waals surface area (Å²) in [5.41, 5.74) is 2.32. The molecule has 1 aromatic carbocycles. The van der Waals surface area contributed by atoms with Crippen molar-refractivity contribution in [3.8, 4) is 0 Å². The predicted octanol–water partition coefficient (Wildman–Crippen LogP) is 1.93. The van der Waals surface area contributed by atoms with Crippen LogP contribution in [0.2, 0.25) is 0 Å². The van der Waals surface area contributed by atoms with Crippen LogP contribution in [0.5, 0.6) is 0 Å². The Hall–Kier alpha value is -2.63. The molecule has 104 valence electrons. The second kappa shape index (κ2) is 6.01. The van der Waals surface area contributed by atoms with Crippen LogP contribution in [-0.4, -0.2) is 30.0 Å². The van der Waals surface area contributed by atoms with Crippen LogP contribution < -0.4 is 16.0 Å². The quantitative estimate of drug-likeness (QED) is 0.792. The molecule has 2 rings (SSSR count). The molecule has 0 radical (unpaired) electrons. The molecule has 1 aromatic heterocycles. The van der Waals surface area contributed by atoms with Crippen molar-refractivity contribution in [2.75, 3.05) is 24.7 Å². The fraction of sp³-hybridized carbons (Fsp3) is 0.214. The van der Waals surface area contributed by atoms with Crippen LogP contribution in [0.25, 0.3) is 0 Å². The van der Waals surface area contributed by atoms with Gasteiger partial charge in [-0.1, -0.05) is 6.07 Å². The summed E-state index contributed by atoms with van der Waals surface area (Å²) >= 11 is 0. The van der Waals surface area contributed by atoms with E-state index in [1.165, 1.54) is 0 Å². The van der Waals surface area contributed by atoms with E-state index in [-0.39, 0.29) is 5.91 Å². The number of benzene rings is 1. The van der Waals surface area contributed by atoms with E-state index in [9.17, 15) is 4.79 Å². The summed E-state index contributed by atoms with van der Waals surface area (Å²) < 4.78 is 0. The molecular formula is C14H17N5O. The summed E-state index contributed by atoms with van der Waals surface area (Å²) in [6.07, 6.45) is 1.74. The highest BCUT2D eigenvalue weighted by molar-refractivity contribution is 5.95. The third-order valence-electron chi connectivity index (χ3n) is 2.81. The van der Waals surface area contributed by atoms with Gasteiger partial charge in [0.15, 0.2) is 0 Å². The molecule has 20 heavy (non-hydrogen) atoms. The minimum atomic E-state index is -0.121. The molecule has 0 fully saturated rings. The largest absolute Gasteiger partial charge is 0.357 e. The molecule has 2 aromatic rings. The SMILES string of the molecule is CNC(=O)c1cccc(Nc2nc(NC)ncc2C)c1. The van der Waals surface area contributed by atoms with Crippen LogP contribution in [0.3, 0.4) is 0 Å². The summed E-state index contributed by atoms with van der Waals surface area (Å²) in [6.45, 7) is 1.92. The number of carbonyl (C=O) groups excluding carboxylic acids is 1. The van der Waals surface area contributed by atoms with Crippen LogP contribution in [-0.2, 0) is 0 Å². The first-order valence-corrected chi connectivity index (χ1v) is 6.24. The number of nitrogens with zero attached hydrogens (tertiary/aromatic N) is 2. The van der Waals surface area contributed by atoms with Gasteiger partial charge in [0, 0.05) is 37.1 Å². The number of hydrogen-bond acceptors (Lipinski definition) is 5. The average Bonchev–Trinajstić information content (AvgIpc) is 2.49. The molecule has 0 bridgehead atoms. The van der Waals surface area contributed by atoms with Crippen molar-refractivity contribution in [3.05, 3.63) is 41.6 Å². The molecule has 0 aliphatic heterocycles. The van der Waals surface area contributed by atoms with Crippen LogP contribution >= 0.6 is 0 Å². The highest BCUT2D eigenvalue weighted by Crippen LogP contribution is 2.19. The van der Waals surface area contributed by atoms with Gasteiger partial charge in [-0.05, 0) is 25.1 Å². The van der Waals surface area contributed by atoms with Crippen molar-refractivity contribution in [2.45, 2.75) is 6.92 Å². The second-order valence-electron chi connectivity index (χ2n) is 4.26. The van der Waals surface area contributed by atoms with Crippen LogP contribution in [0, 0.1) is 6.92 Å². The molecule has 0 spiro atoms. The zero-order valence-electron chi connectivity index (χ0n) is 11.7. The first kappa shape index (κ1) is 13.8. The monoisotopic (exact) mass is 271 g/mol. The third-order valence-corrected chi connectivity index (χ3v) is 2.81. The lowest BCUT2D eigenvalue weighted by atomic mass is 10.2. The molecule has 0 aliphatic carbocycles. The maximum absolute atomic E-state index is 11.6. The van der Waals surface area contributed by atoms with Gasteiger partial charge in [-0.2, -0.15) is 4.98 Å². The van der Waals surface area contributed by atoms with E-state index in [0.29, 0.717) is 17.3 Å². The van der Waals surface area contributed by atoms with E-state index in [1.54, 1.807) is 32.4 Å². The lowest BCUT2D eigenvalue weighted by Crippen LogP contribution is -2.17. The fourth-order valence-corrected chi connectivity index (χ4v) is 1.71. The predicted molar refractivity (Wildman–Crippen MR) is 79.4 cm³/mol. The van der Waals surface area contributed by atoms with E-state index < -0.39 is 0 Å². The Kier molecular flexibility index (Phi) is 4.14. The summed E-state index contributed by atoms with van der Waals surface area (Å²) in [7, 11) is 3.37. The molecule has 0 atom stereocenters. The first-order valence-electron chi connectivity index (χ1n) is 6.24. The molecule has 0 saturated heterocycles. The van der Waals surface area contributed by atoms with E-state index >= 15 is 0 Å². The van der Waals surface area contributed by atoms with Gasteiger partial charge in [-0.3, -0.25) is 4.79 Å². The molecule has 0 unspecified atom stereocenters. The Morgan fingerprint density at radius 1 is 1.25 bits per heavy atom. The summed E-state index contributed by atoms with van der Waals surface area (Å²) in [5, 5.41) is 8.69. The Morgan fingerprint density at radius 2 is 2.05 bits per heavy atom. The molecular weight excluding hydrogens is 254 g/mol. The van der Waals surface area contributed by atoms with Crippen LogP contribution in [0.15, 0.2) is 30.5 Å². The maximum Gasteiger partial charge on any atom is 0.251 e. The van der Waals surface area contributed by atoms with E-state index in [2.05, 4.69) is 25.9 Å². The van der Waals surface area contributed by atoms with E-state index in [0.717, 1.165) is 11.3 Å². The number of rotatable bonds is 4. The van der Waals surface area contributed by atoms with Crippen molar-refractivity contribution in [2.24, 2.45) is 0 Å². The standard InChI is InChI=1S/C14H17N5O/c1-9-8-17-14(16-3)19-12(9)18-11-6-4-5-10(7-11)13(20)15-2/h4-8H,1-3H3,(H,15,20)(H2,16,17,18,19). The summed E-state index contributed by atoms with van der Waals surface area (Å²) in [6, 6.07) is 7.24. The molecule has 0 aliphatic rings. The van der Waals surface area contributed by atoms with Gasteiger partial charge < -0.3 is 16.0 Å². The molecule has 6 nitrogen and oxygen atoms in total. The van der Waals surface area contributed by atoms with Gasteiger partial charge in [0.1, 0.15) is 5.82 Å². The number of amides is 1. The van der Waals surface area contributed by atoms with Gasteiger partial charge in [0.2, 0.25) is 5.95 Å². The number of hydrogen-bond donors (Lipinski definition) is 3. The second-order valence-corrected chi connectivity index (χ2v) is 4.26. The number of anilines is 3.